The van der Waals surface area contributed by atoms with E-state index in [-0.39, 0.29) is 17.4 Å². The lowest BCUT2D eigenvalue weighted by Gasteiger charge is -2.33. The summed E-state index contributed by atoms with van der Waals surface area (Å²) in [6, 6.07) is 12.1. The topological polar surface area (TPSA) is 75.5 Å². The lowest BCUT2D eigenvalue weighted by molar-refractivity contribution is -0.139. The fraction of sp³-hybridized carbons (Fsp3) is 0.261. The zero-order chi connectivity index (χ0) is 22.7. The molecule has 0 unspecified atom stereocenters. The fourth-order valence-corrected chi connectivity index (χ4v) is 3.60. The molecule has 0 aliphatic carbocycles. The van der Waals surface area contributed by atoms with Crippen LogP contribution >= 0.6 is 0 Å². The minimum atomic E-state index is -4.45. The Bertz CT molecular complexity index is 1080. The summed E-state index contributed by atoms with van der Waals surface area (Å²) in [6.45, 7) is 1.22. The summed E-state index contributed by atoms with van der Waals surface area (Å²) >= 11 is 0. The quantitative estimate of drug-likeness (QED) is 0.604. The number of anilines is 1. The molecule has 0 saturated carbocycles. The van der Waals surface area contributed by atoms with Crippen LogP contribution in [-0.4, -0.2) is 40.2 Å². The van der Waals surface area contributed by atoms with Gasteiger partial charge in [-0.1, -0.05) is 12.1 Å². The van der Waals surface area contributed by atoms with Crippen LogP contribution in [0.5, 0.6) is 5.75 Å². The number of hydrogen-bond donors (Lipinski definition) is 1. The molecule has 9 heteroatoms. The Labute approximate surface area is 182 Å². The van der Waals surface area contributed by atoms with Crippen molar-refractivity contribution >= 4 is 11.8 Å². The monoisotopic (exact) mass is 443 g/mol. The first kappa shape index (κ1) is 21.6. The molecular weight excluding hydrogens is 423 g/mol. The Balaban J connectivity index is 1.37. The summed E-state index contributed by atoms with van der Waals surface area (Å²) in [5.74, 6) is -0.417. The standard InChI is InChI=1S/C23H20F3N3O3/c24-23(25,26)18-3-1-2-4-20(18)32-17-9-11-29(12-10-17)21-8-6-15(13-28-21)19-7-5-16(14-27-19)22(30)31/h1-8,13-14,17H,9-12H2,(H,30,31). The lowest BCUT2D eigenvalue weighted by Crippen LogP contribution is -2.38. The summed E-state index contributed by atoms with van der Waals surface area (Å²) in [5, 5.41) is 8.96. The lowest BCUT2D eigenvalue weighted by atomic mass is 10.1. The number of para-hydroxylation sites is 1. The molecule has 4 rings (SSSR count). The molecule has 1 N–H and O–H groups in total. The van der Waals surface area contributed by atoms with Crippen LogP contribution in [0.25, 0.3) is 11.3 Å². The molecule has 0 amide bonds. The van der Waals surface area contributed by atoms with Crippen molar-refractivity contribution in [3.05, 3.63) is 72.1 Å². The summed E-state index contributed by atoms with van der Waals surface area (Å²) in [7, 11) is 0. The van der Waals surface area contributed by atoms with Crippen molar-refractivity contribution in [3.8, 4) is 17.0 Å². The molecule has 0 atom stereocenters. The Hall–Kier alpha value is -3.62. The molecule has 1 saturated heterocycles. The van der Waals surface area contributed by atoms with Crippen LogP contribution in [0.2, 0.25) is 0 Å². The molecule has 1 fully saturated rings. The van der Waals surface area contributed by atoms with E-state index in [1.165, 1.54) is 30.5 Å². The summed E-state index contributed by atoms with van der Waals surface area (Å²) in [5.41, 5.74) is 0.725. The molecule has 1 aliphatic rings. The maximum absolute atomic E-state index is 13.2. The highest BCUT2D eigenvalue weighted by Crippen LogP contribution is 2.37. The summed E-state index contributed by atoms with van der Waals surface area (Å²) in [6.07, 6.45) is -0.632. The second-order valence-electron chi connectivity index (χ2n) is 7.44. The van der Waals surface area contributed by atoms with Crippen molar-refractivity contribution in [1.29, 1.82) is 0 Å². The van der Waals surface area contributed by atoms with Crippen molar-refractivity contribution < 1.29 is 27.8 Å². The summed E-state index contributed by atoms with van der Waals surface area (Å²) in [4.78, 5) is 21.6. The van der Waals surface area contributed by atoms with Crippen LogP contribution in [0.15, 0.2) is 60.9 Å². The highest BCUT2D eigenvalue weighted by Gasteiger charge is 2.35. The third-order valence-electron chi connectivity index (χ3n) is 5.31. The van der Waals surface area contributed by atoms with E-state index >= 15 is 0 Å². The van der Waals surface area contributed by atoms with E-state index in [0.29, 0.717) is 31.6 Å². The number of carbonyl (C=O) groups is 1. The number of nitrogens with zero attached hydrogens (tertiary/aromatic N) is 3. The molecule has 6 nitrogen and oxygen atoms in total. The Morgan fingerprint density at radius 1 is 1.00 bits per heavy atom. The van der Waals surface area contributed by atoms with Crippen molar-refractivity contribution in [2.75, 3.05) is 18.0 Å². The van der Waals surface area contributed by atoms with Gasteiger partial charge in [0.05, 0.1) is 16.8 Å². The SMILES string of the molecule is O=C(O)c1ccc(-c2ccc(N3CCC(Oc4ccccc4C(F)(F)F)CC3)nc2)nc1. The van der Waals surface area contributed by atoms with E-state index in [0.717, 1.165) is 17.4 Å². The van der Waals surface area contributed by atoms with E-state index in [9.17, 15) is 18.0 Å². The molecule has 1 aromatic carbocycles. The van der Waals surface area contributed by atoms with Gasteiger partial charge in [0.2, 0.25) is 0 Å². The maximum atomic E-state index is 13.2. The number of hydrogen-bond acceptors (Lipinski definition) is 5. The fourth-order valence-electron chi connectivity index (χ4n) is 3.60. The summed E-state index contributed by atoms with van der Waals surface area (Å²) < 4.78 is 45.2. The average Bonchev–Trinajstić information content (AvgIpc) is 2.79. The van der Waals surface area contributed by atoms with Gasteiger partial charge in [0, 0.05) is 43.9 Å². The van der Waals surface area contributed by atoms with Crippen molar-refractivity contribution in [2.45, 2.75) is 25.1 Å². The number of aromatic carboxylic acids is 1. The van der Waals surface area contributed by atoms with Crippen LogP contribution < -0.4 is 9.64 Å². The molecule has 2 aromatic heterocycles. The highest BCUT2D eigenvalue weighted by molar-refractivity contribution is 5.87. The van der Waals surface area contributed by atoms with Gasteiger partial charge >= 0.3 is 12.1 Å². The zero-order valence-electron chi connectivity index (χ0n) is 16.9. The number of aromatic nitrogens is 2. The molecule has 0 radical (unpaired) electrons. The number of pyridine rings is 2. The zero-order valence-corrected chi connectivity index (χ0v) is 16.9. The largest absolute Gasteiger partial charge is 0.490 e. The number of carboxylic acids is 1. The first-order valence-electron chi connectivity index (χ1n) is 10.0. The van der Waals surface area contributed by atoms with Gasteiger partial charge in [0.25, 0.3) is 0 Å². The minimum Gasteiger partial charge on any atom is -0.490 e. The number of rotatable bonds is 5. The maximum Gasteiger partial charge on any atom is 0.419 e. The van der Waals surface area contributed by atoms with Gasteiger partial charge in [0.1, 0.15) is 17.7 Å². The second kappa shape index (κ2) is 8.86. The van der Waals surface area contributed by atoms with Crippen LogP contribution in [-0.2, 0) is 6.18 Å². The van der Waals surface area contributed by atoms with E-state index in [1.807, 2.05) is 12.1 Å². The van der Waals surface area contributed by atoms with Gasteiger partial charge in [-0.05, 0) is 36.4 Å². The number of piperidine rings is 1. The Morgan fingerprint density at radius 2 is 1.75 bits per heavy atom. The van der Waals surface area contributed by atoms with E-state index in [1.54, 1.807) is 12.3 Å². The predicted molar refractivity (Wildman–Crippen MR) is 112 cm³/mol. The van der Waals surface area contributed by atoms with Crippen LogP contribution in [0.1, 0.15) is 28.8 Å². The van der Waals surface area contributed by atoms with Gasteiger partial charge in [-0.2, -0.15) is 13.2 Å². The van der Waals surface area contributed by atoms with Gasteiger partial charge in [0.15, 0.2) is 0 Å². The Kier molecular flexibility index (Phi) is 5.98. The number of carboxylic acid groups (broad SMARTS) is 1. The van der Waals surface area contributed by atoms with E-state index < -0.39 is 17.7 Å². The molecule has 3 aromatic rings. The first-order chi connectivity index (χ1) is 15.3. The molecule has 0 spiro atoms. The third-order valence-corrected chi connectivity index (χ3v) is 5.31. The molecule has 0 bridgehead atoms. The third kappa shape index (κ3) is 4.82. The van der Waals surface area contributed by atoms with E-state index in [4.69, 9.17) is 9.84 Å². The molecule has 3 heterocycles. The molecular formula is C23H20F3N3O3. The van der Waals surface area contributed by atoms with Crippen LogP contribution in [0.3, 0.4) is 0 Å². The minimum absolute atomic E-state index is 0.112. The molecule has 1 aliphatic heterocycles. The number of alkyl halides is 3. The number of halogens is 3. The molecule has 166 valence electrons. The van der Waals surface area contributed by atoms with Crippen molar-refractivity contribution in [1.82, 2.24) is 9.97 Å². The van der Waals surface area contributed by atoms with Crippen LogP contribution in [0, 0.1) is 0 Å². The normalized spacial score (nSPS) is 14.9. The van der Waals surface area contributed by atoms with Crippen molar-refractivity contribution in [3.63, 3.8) is 0 Å². The average molecular weight is 443 g/mol. The number of ether oxygens (including phenoxy) is 1. The second-order valence-corrected chi connectivity index (χ2v) is 7.44. The van der Waals surface area contributed by atoms with Crippen molar-refractivity contribution in [2.24, 2.45) is 0 Å². The highest BCUT2D eigenvalue weighted by atomic mass is 19.4. The van der Waals surface area contributed by atoms with Gasteiger partial charge in [-0.3, -0.25) is 4.98 Å². The van der Waals surface area contributed by atoms with Gasteiger partial charge in [-0.15, -0.1) is 0 Å². The Morgan fingerprint density at radius 3 is 2.34 bits per heavy atom. The van der Waals surface area contributed by atoms with Crippen LogP contribution in [0.4, 0.5) is 19.0 Å². The predicted octanol–water partition coefficient (Wildman–Crippen LogP) is 4.91. The van der Waals surface area contributed by atoms with E-state index in [2.05, 4.69) is 14.9 Å². The first-order valence-corrected chi connectivity index (χ1v) is 10.0. The van der Waals surface area contributed by atoms with Gasteiger partial charge < -0.3 is 14.7 Å². The smallest absolute Gasteiger partial charge is 0.419 e. The molecule has 32 heavy (non-hydrogen) atoms. The van der Waals surface area contributed by atoms with Gasteiger partial charge in [-0.25, -0.2) is 9.78 Å². The number of benzene rings is 1.